The molecule has 3 rings (SSSR count). The molecule has 3 aromatic rings. The second kappa shape index (κ2) is 7.35. The van der Waals surface area contributed by atoms with Crippen LogP contribution in [0.25, 0.3) is 11.4 Å². The van der Waals surface area contributed by atoms with Crippen LogP contribution in [-0.4, -0.2) is 33.4 Å². The number of hydrogen-bond donors (Lipinski definition) is 0. The van der Waals surface area contributed by atoms with Crippen LogP contribution in [0.5, 0.6) is 5.75 Å². The first-order valence-electron chi connectivity index (χ1n) is 7.39. The molecule has 2 aromatic heterocycles. The van der Waals surface area contributed by atoms with Crippen molar-refractivity contribution in [3.63, 3.8) is 0 Å². The van der Waals surface area contributed by atoms with E-state index in [1.807, 2.05) is 41.0 Å². The second-order valence-electron chi connectivity index (χ2n) is 5.19. The van der Waals surface area contributed by atoms with Crippen LogP contribution in [0.15, 0.2) is 52.2 Å². The highest BCUT2D eigenvalue weighted by Crippen LogP contribution is 2.27. The summed E-state index contributed by atoms with van der Waals surface area (Å²) in [6.07, 6.45) is 1.63. The molecule has 0 saturated carbocycles. The average Bonchev–Trinajstić information content (AvgIpc) is 3.23. The van der Waals surface area contributed by atoms with Gasteiger partial charge >= 0.3 is 0 Å². The van der Waals surface area contributed by atoms with Gasteiger partial charge in [0.25, 0.3) is 0 Å². The van der Waals surface area contributed by atoms with Gasteiger partial charge in [-0.2, -0.15) is 0 Å². The van der Waals surface area contributed by atoms with Crippen molar-refractivity contribution in [2.45, 2.75) is 18.6 Å². The van der Waals surface area contributed by atoms with Gasteiger partial charge in [-0.1, -0.05) is 23.9 Å². The molecule has 0 amide bonds. The van der Waals surface area contributed by atoms with Gasteiger partial charge in [-0.25, -0.2) is 0 Å². The smallest absolute Gasteiger partial charge is 0.192 e. The maximum atomic E-state index is 11.3. The van der Waals surface area contributed by atoms with Gasteiger partial charge in [0.05, 0.1) is 25.7 Å². The third-order valence-electron chi connectivity index (χ3n) is 3.34. The zero-order chi connectivity index (χ0) is 16.9. The van der Waals surface area contributed by atoms with Crippen LogP contribution in [0.2, 0.25) is 0 Å². The fourth-order valence-electron chi connectivity index (χ4n) is 2.24. The molecule has 2 heterocycles. The Bertz CT molecular complexity index is 827. The van der Waals surface area contributed by atoms with Gasteiger partial charge in [0.15, 0.2) is 11.0 Å². The fraction of sp³-hybridized carbons (Fsp3) is 0.235. The maximum Gasteiger partial charge on any atom is 0.192 e. The number of ether oxygens (including phenoxy) is 1. The summed E-state index contributed by atoms with van der Waals surface area (Å²) in [7, 11) is 1.63. The predicted molar refractivity (Wildman–Crippen MR) is 91.2 cm³/mol. The van der Waals surface area contributed by atoms with Crippen molar-refractivity contribution < 1.29 is 13.9 Å². The van der Waals surface area contributed by atoms with Crippen molar-refractivity contribution in [2.75, 3.05) is 12.9 Å². The third kappa shape index (κ3) is 3.68. The van der Waals surface area contributed by atoms with E-state index in [0.29, 0.717) is 23.3 Å². The number of aromatic nitrogens is 3. The van der Waals surface area contributed by atoms with E-state index in [4.69, 9.17) is 9.15 Å². The molecule has 0 aliphatic heterocycles. The molecule has 1 aromatic carbocycles. The zero-order valence-electron chi connectivity index (χ0n) is 13.4. The van der Waals surface area contributed by atoms with Crippen LogP contribution < -0.4 is 4.74 Å². The lowest BCUT2D eigenvalue weighted by Gasteiger charge is -2.09. The van der Waals surface area contributed by atoms with Gasteiger partial charge in [0, 0.05) is 5.56 Å². The number of hydrogen-bond acceptors (Lipinski definition) is 6. The molecule has 0 aliphatic carbocycles. The van der Waals surface area contributed by atoms with Crippen molar-refractivity contribution in [3.05, 3.63) is 48.4 Å². The Morgan fingerprint density at radius 3 is 2.88 bits per heavy atom. The van der Waals surface area contributed by atoms with Gasteiger partial charge in [-0.15, -0.1) is 10.2 Å². The highest BCUT2D eigenvalue weighted by molar-refractivity contribution is 7.99. The summed E-state index contributed by atoms with van der Waals surface area (Å²) in [6.45, 7) is 2.05. The van der Waals surface area contributed by atoms with Gasteiger partial charge in [-0.3, -0.25) is 9.36 Å². The minimum absolute atomic E-state index is 0.0930. The van der Waals surface area contributed by atoms with Crippen LogP contribution in [0, 0.1) is 0 Å². The summed E-state index contributed by atoms with van der Waals surface area (Å²) in [5.41, 5.74) is 0.892. The lowest BCUT2D eigenvalue weighted by molar-refractivity contribution is -0.114. The number of ketones is 1. The Morgan fingerprint density at radius 2 is 2.17 bits per heavy atom. The largest absolute Gasteiger partial charge is 0.497 e. The zero-order valence-corrected chi connectivity index (χ0v) is 14.2. The van der Waals surface area contributed by atoms with Gasteiger partial charge in [0.1, 0.15) is 17.3 Å². The quantitative estimate of drug-likeness (QED) is 0.613. The number of thioether (sulfide) groups is 1. The van der Waals surface area contributed by atoms with Crippen LogP contribution in [-0.2, 0) is 11.3 Å². The van der Waals surface area contributed by atoms with E-state index in [2.05, 4.69) is 10.2 Å². The molecule has 7 heteroatoms. The van der Waals surface area contributed by atoms with E-state index in [9.17, 15) is 4.79 Å². The Hall–Kier alpha value is -2.54. The van der Waals surface area contributed by atoms with Crippen molar-refractivity contribution in [1.82, 2.24) is 14.8 Å². The summed E-state index contributed by atoms with van der Waals surface area (Å²) in [4.78, 5) is 11.3. The van der Waals surface area contributed by atoms with Crippen molar-refractivity contribution >= 4 is 17.5 Å². The Labute approximate surface area is 143 Å². The molecule has 0 bridgehead atoms. The fourth-order valence-corrected chi connectivity index (χ4v) is 2.98. The molecular weight excluding hydrogens is 326 g/mol. The molecule has 0 fully saturated rings. The molecule has 124 valence electrons. The first-order chi connectivity index (χ1) is 11.7. The van der Waals surface area contributed by atoms with Gasteiger partial charge in [-0.05, 0) is 31.2 Å². The predicted octanol–water partition coefficient (Wildman–Crippen LogP) is 3.28. The number of rotatable bonds is 7. The van der Waals surface area contributed by atoms with E-state index >= 15 is 0 Å². The van der Waals surface area contributed by atoms with E-state index in [1.165, 1.54) is 11.8 Å². The lowest BCUT2D eigenvalue weighted by Crippen LogP contribution is -2.05. The Morgan fingerprint density at radius 1 is 1.29 bits per heavy atom. The first-order valence-corrected chi connectivity index (χ1v) is 8.38. The number of nitrogens with zero attached hydrogens (tertiary/aromatic N) is 3. The molecule has 0 saturated heterocycles. The number of furan rings is 1. The van der Waals surface area contributed by atoms with E-state index in [-0.39, 0.29) is 5.78 Å². The van der Waals surface area contributed by atoms with Gasteiger partial charge in [0.2, 0.25) is 0 Å². The molecule has 6 nitrogen and oxygen atoms in total. The summed E-state index contributed by atoms with van der Waals surface area (Å²) < 4.78 is 12.7. The van der Waals surface area contributed by atoms with E-state index in [1.54, 1.807) is 20.3 Å². The van der Waals surface area contributed by atoms with Crippen LogP contribution >= 0.6 is 11.8 Å². The molecule has 24 heavy (non-hydrogen) atoms. The topological polar surface area (TPSA) is 70.2 Å². The third-order valence-corrected chi connectivity index (χ3v) is 4.45. The van der Waals surface area contributed by atoms with Crippen LogP contribution in [0.4, 0.5) is 0 Å². The summed E-state index contributed by atoms with van der Waals surface area (Å²) >= 11 is 1.37. The molecule has 0 spiro atoms. The monoisotopic (exact) mass is 343 g/mol. The number of carbonyl (C=O) groups is 1. The number of Topliss-reactive ketones (excluding diaryl/α,β-unsaturated/α-hetero) is 1. The van der Waals surface area contributed by atoms with E-state index in [0.717, 1.165) is 17.1 Å². The normalized spacial score (nSPS) is 10.8. The summed E-state index contributed by atoms with van der Waals surface area (Å²) in [5.74, 6) is 2.70. The van der Waals surface area contributed by atoms with Crippen LogP contribution in [0.3, 0.4) is 0 Å². The summed E-state index contributed by atoms with van der Waals surface area (Å²) in [6, 6.07) is 11.4. The SMILES string of the molecule is COc1cccc(-c2nnc(SCC(C)=O)n2Cc2ccco2)c1. The average molecular weight is 343 g/mol. The summed E-state index contributed by atoms with van der Waals surface area (Å²) in [5, 5.41) is 9.23. The van der Waals surface area contributed by atoms with Crippen LogP contribution in [0.1, 0.15) is 12.7 Å². The Balaban J connectivity index is 1.99. The van der Waals surface area contributed by atoms with Crippen molar-refractivity contribution in [1.29, 1.82) is 0 Å². The second-order valence-corrected chi connectivity index (χ2v) is 6.14. The van der Waals surface area contributed by atoms with E-state index < -0.39 is 0 Å². The Kier molecular flexibility index (Phi) is 5.00. The minimum atomic E-state index is 0.0930. The number of carbonyl (C=O) groups excluding carboxylic acids is 1. The van der Waals surface area contributed by atoms with Gasteiger partial charge < -0.3 is 9.15 Å². The van der Waals surface area contributed by atoms with Crippen molar-refractivity contribution in [2.24, 2.45) is 0 Å². The molecule has 0 aliphatic rings. The lowest BCUT2D eigenvalue weighted by atomic mass is 10.2. The minimum Gasteiger partial charge on any atom is -0.497 e. The molecule has 0 N–H and O–H groups in total. The molecule has 0 unspecified atom stereocenters. The molecule has 0 atom stereocenters. The van der Waals surface area contributed by atoms with Crippen molar-refractivity contribution in [3.8, 4) is 17.1 Å². The standard InChI is InChI=1S/C17H17N3O3S/c1-12(21)11-24-17-19-18-16(13-5-3-6-14(9-13)22-2)20(17)10-15-7-4-8-23-15/h3-9H,10-11H2,1-2H3. The molecule has 0 radical (unpaired) electrons. The molecular formula is C17H17N3O3S. The highest BCUT2D eigenvalue weighted by atomic mass is 32.2. The first kappa shape index (κ1) is 16.3. The maximum absolute atomic E-state index is 11.3. The number of benzene rings is 1. The number of methoxy groups -OCH3 is 1. The highest BCUT2D eigenvalue weighted by Gasteiger charge is 2.16.